The fraction of sp³-hybridized carbons (Fsp3) is 0.120. The summed E-state index contributed by atoms with van der Waals surface area (Å²) >= 11 is 5.60. The molecule has 0 saturated heterocycles. The summed E-state index contributed by atoms with van der Waals surface area (Å²) in [6, 6.07) is 15.9. The molecule has 1 heterocycles. The Kier molecular flexibility index (Phi) is 7.51. The number of nitrogens with zero attached hydrogens (tertiary/aromatic N) is 2. The number of aliphatic imine (C=N–C) groups is 1. The lowest BCUT2D eigenvalue weighted by molar-refractivity contribution is -0.385. The fourth-order valence-corrected chi connectivity index (χ4v) is 4.60. The van der Waals surface area contributed by atoms with Gasteiger partial charge in [0.25, 0.3) is 5.69 Å². The molecule has 1 aliphatic heterocycles. The number of hydrogen-bond donors (Lipinski definition) is 0. The molecule has 0 spiro atoms. The van der Waals surface area contributed by atoms with E-state index < -0.39 is 10.9 Å². The molecule has 10 heteroatoms. The van der Waals surface area contributed by atoms with E-state index in [1.165, 1.54) is 6.07 Å². The number of aryl methyl sites for hydroxylation is 1. The lowest BCUT2D eigenvalue weighted by atomic mass is 10.1. The second-order valence-electron chi connectivity index (χ2n) is 7.55. The Bertz CT molecular complexity index is 1400. The van der Waals surface area contributed by atoms with Crippen molar-refractivity contribution in [2.24, 2.45) is 4.99 Å². The van der Waals surface area contributed by atoms with E-state index in [9.17, 15) is 14.9 Å². The molecule has 4 rings (SSSR count). The van der Waals surface area contributed by atoms with Crippen molar-refractivity contribution in [1.29, 1.82) is 0 Å². The van der Waals surface area contributed by atoms with Gasteiger partial charge in [0.05, 0.1) is 15.6 Å². The van der Waals surface area contributed by atoms with E-state index in [-0.39, 0.29) is 17.3 Å². The Labute approximate surface area is 223 Å². The third-order valence-electron chi connectivity index (χ3n) is 5.10. The average molecular weight is 649 g/mol. The molecule has 178 valence electrons. The van der Waals surface area contributed by atoms with Gasteiger partial charge in [-0.3, -0.25) is 10.1 Å². The van der Waals surface area contributed by atoms with E-state index in [2.05, 4.69) is 43.5 Å². The Hall–Kier alpha value is -3.25. The number of carbonyl (C=O) groups is 1. The Morgan fingerprint density at radius 2 is 2.00 bits per heavy atom. The van der Waals surface area contributed by atoms with Crippen molar-refractivity contribution in [1.82, 2.24) is 0 Å². The quantitative estimate of drug-likeness (QED) is 0.0994. The van der Waals surface area contributed by atoms with Crippen LogP contribution in [0.15, 0.2) is 69.8 Å². The summed E-state index contributed by atoms with van der Waals surface area (Å²) in [6.07, 6.45) is 1.57. The number of methoxy groups -OCH3 is 1. The standard InChI is InChI=1S/C25H18BrIN2O6/c1-14-6-7-17(12-21(14)29(31)32)24-28-20(25(30)35-24)10-16-9-19(27)23(22(11-16)33-2)34-13-15-4-3-5-18(26)8-15/h3-12H,13H2,1-2H3/b20-10-. The van der Waals surface area contributed by atoms with Crippen LogP contribution >= 0.6 is 38.5 Å². The van der Waals surface area contributed by atoms with Gasteiger partial charge in [-0.05, 0) is 77.0 Å². The summed E-state index contributed by atoms with van der Waals surface area (Å²) in [7, 11) is 1.54. The van der Waals surface area contributed by atoms with E-state index in [4.69, 9.17) is 14.2 Å². The summed E-state index contributed by atoms with van der Waals surface area (Å²) in [5, 5.41) is 11.2. The molecule has 8 nitrogen and oxygen atoms in total. The second kappa shape index (κ2) is 10.6. The zero-order valence-electron chi connectivity index (χ0n) is 18.6. The monoisotopic (exact) mass is 648 g/mol. The van der Waals surface area contributed by atoms with E-state index >= 15 is 0 Å². The largest absolute Gasteiger partial charge is 0.493 e. The summed E-state index contributed by atoms with van der Waals surface area (Å²) < 4.78 is 18.6. The Morgan fingerprint density at radius 1 is 1.20 bits per heavy atom. The van der Waals surface area contributed by atoms with Crippen LogP contribution in [0.5, 0.6) is 11.5 Å². The summed E-state index contributed by atoms with van der Waals surface area (Å²) in [4.78, 5) is 27.5. The number of nitro benzene ring substituents is 1. The first-order valence-corrected chi connectivity index (χ1v) is 12.1. The van der Waals surface area contributed by atoms with Crippen molar-refractivity contribution in [3.8, 4) is 11.5 Å². The lowest BCUT2D eigenvalue weighted by Gasteiger charge is -2.14. The maximum absolute atomic E-state index is 12.4. The molecule has 0 saturated carbocycles. The van der Waals surface area contributed by atoms with Crippen LogP contribution in [0.25, 0.3) is 6.08 Å². The molecule has 0 atom stereocenters. The normalized spacial score (nSPS) is 14.0. The van der Waals surface area contributed by atoms with E-state index in [0.29, 0.717) is 34.8 Å². The summed E-state index contributed by atoms with van der Waals surface area (Å²) in [5.74, 6) is 0.455. The number of ether oxygens (including phenoxy) is 3. The zero-order valence-corrected chi connectivity index (χ0v) is 22.3. The molecule has 0 aromatic heterocycles. The van der Waals surface area contributed by atoms with Crippen LogP contribution in [0.3, 0.4) is 0 Å². The Balaban J connectivity index is 1.61. The molecular weight excluding hydrogens is 631 g/mol. The highest BCUT2D eigenvalue weighted by Crippen LogP contribution is 2.36. The molecule has 35 heavy (non-hydrogen) atoms. The average Bonchev–Trinajstić information content (AvgIpc) is 3.18. The number of hydrogen-bond acceptors (Lipinski definition) is 7. The number of esters is 1. The minimum Gasteiger partial charge on any atom is -0.493 e. The van der Waals surface area contributed by atoms with Crippen molar-refractivity contribution < 1.29 is 23.9 Å². The summed E-state index contributed by atoms with van der Waals surface area (Å²) in [6.45, 7) is 1.99. The predicted octanol–water partition coefficient (Wildman–Crippen LogP) is 6.20. The summed E-state index contributed by atoms with van der Waals surface area (Å²) in [5.41, 5.74) is 2.51. The lowest BCUT2D eigenvalue weighted by Crippen LogP contribution is -2.06. The topological polar surface area (TPSA) is 100 Å². The zero-order chi connectivity index (χ0) is 25.1. The number of benzene rings is 3. The van der Waals surface area contributed by atoms with Crippen LogP contribution in [0.2, 0.25) is 0 Å². The van der Waals surface area contributed by atoms with Crippen LogP contribution < -0.4 is 9.47 Å². The molecule has 0 fully saturated rings. The van der Waals surface area contributed by atoms with Crippen molar-refractivity contribution in [2.75, 3.05) is 7.11 Å². The molecule has 3 aromatic carbocycles. The highest BCUT2D eigenvalue weighted by molar-refractivity contribution is 14.1. The van der Waals surface area contributed by atoms with E-state index in [1.54, 1.807) is 38.3 Å². The van der Waals surface area contributed by atoms with Crippen LogP contribution in [0.1, 0.15) is 22.3 Å². The highest BCUT2D eigenvalue weighted by Gasteiger charge is 2.26. The minimum absolute atomic E-state index is 0.0139. The van der Waals surface area contributed by atoms with Gasteiger partial charge in [-0.1, -0.05) is 34.1 Å². The number of cyclic esters (lactones) is 1. The highest BCUT2D eigenvalue weighted by atomic mass is 127. The molecule has 0 N–H and O–H groups in total. The van der Waals surface area contributed by atoms with Gasteiger partial charge < -0.3 is 14.2 Å². The molecule has 0 amide bonds. The van der Waals surface area contributed by atoms with Gasteiger partial charge in [0.2, 0.25) is 5.90 Å². The first-order valence-electron chi connectivity index (χ1n) is 10.3. The van der Waals surface area contributed by atoms with E-state index in [1.807, 2.05) is 30.3 Å². The van der Waals surface area contributed by atoms with Gasteiger partial charge >= 0.3 is 5.97 Å². The van der Waals surface area contributed by atoms with Crippen molar-refractivity contribution in [2.45, 2.75) is 13.5 Å². The number of carbonyl (C=O) groups excluding carboxylic acids is 1. The van der Waals surface area contributed by atoms with Crippen LogP contribution in [-0.2, 0) is 16.1 Å². The molecule has 1 aliphatic rings. The first kappa shape index (κ1) is 24.9. The van der Waals surface area contributed by atoms with Crippen LogP contribution in [0.4, 0.5) is 5.69 Å². The van der Waals surface area contributed by atoms with Crippen molar-refractivity contribution in [3.05, 3.63) is 101 Å². The van der Waals surface area contributed by atoms with Gasteiger partial charge in [0.1, 0.15) is 6.61 Å². The number of rotatable bonds is 7. The third-order valence-corrected chi connectivity index (χ3v) is 6.40. The predicted molar refractivity (Wildman–Crippen MR) is 143 cm³/mol. The van der Waals surface area contributed by atoms with Gasteiger partial charge in [0.15, 0.2) is 17.2 Å². The minimum atomic E-state index is -0.646. The fourth-order valence-electron chi connectivity index (χ4n) is 3.38. The molecule has 0 radical (unpaired) electrons. The van der Waals surface area contributed by atoms with Crippen molar-refractivity contribution in [3.63, 3.8) is 0 Å². The number of nitro groups is 1. The molecule has 0 bridgehead atoms. The smallest absolute Gasteiger partial charge is 0.363 e. The number of halogens is 2. The van der Waals surface area contributed by atoms with Gasteiger partial charge in [0, 0.05) is 21.7 Å². The second-order valence-corrected chi connectivity index (χ2v) is 9.63. The van der Waals surface area contributed by atoms with E-state index in [0.717, 1.165) is 13.6 Å². The first-order chi connectivity index (χ1) is 16.7. The van der Waals surface area contributed by atoms with Gasteiger partial charge in [-0.2, -0.15) is 0 Å². The SMILES string of the molecule is COc1cc(/C=C2\N=C(c3ccc(C)c([N+](=O)[O-])c3)OC2=O)cc(I)c1OCc1cccc(Br)c1. The Morgan fingerprint density at radius 3 is 2.71 bits per heavy atom. The molecule has 0 unspecified atom stereocenters. The van der Waals surface area contributed by atoms with Crippen LogP contribution in [-0.4, -0.2) is 23.9 Å². The third kappa shape index (κ3) is 5.70. The maximum Gasteiger partial charge on any atom is 0.363 e. The molecular formula is C25H18BrIN2O6. The maximum atomic E-state index is 12.4. The van der Waals surface area contributed by atoms with Crippen molar-refractivity contribution >= 4 is 62.2 Å². The molecule has 0 aliphatic carbocycles. The van der Waals surface area contributed by atoms with Gasteiger partial charge in [-0.15, -0.1) is 0 Å². The molecule has 3 aromatic rings. The van der Waals surface area contributed by atoms with Crippen LogP contribution in [0, 0.1) is 20.6 Å². The van der Waals surface area contributed by atoms with Gasteiger partial charge in [-0.25, -0.2) is 9.79 Å².